The van der Waals surface area contributed by atoms with Crippen LogP contribution in [-0.2, 0) is 9.53 Å². The molecule has 0 amide bonds. The van der Waals surface area contributed by atoms with Gasteiger partial charge in [-0.2, -0.15) is 0 Å². The summed E-state index contributed by atoms with van der Waals surface area (Å²) in [6.45, 7) is 7.29. The first-order valence-electron chi connectivity index (χ1n) is 12.1. The second-order valence-corrected chi connectivity index (χ2v) is 9.10. The van der Waals surface area contributed by atoms with Crippen molar-refractivity contribution in [3.8, 4) is 5.75 Å². The third-order valence-electron chi connectivity index (χ3n) is 6.31. The minimum atomic E-state index is -0.359. The minimum absolute atomic E-state index is 0.115. The van der Waals surface area contributed by atoms with E-state index >= 15 is 0 Å². The van der Waals surface area contributed by atoms with E-state index in [0.717, 1.165) is 54.7 Å². The summed E-state index contributed by atoms with van der Waals surface area (Å²) in [6, 6.07) is 23.7. The maximum Gasteiger partial charge on any atom is 0.198 e. The third kappa shape index (κ3) is 4.90. The highest BCUT2D eigenvalue weighted by Gasteiger charge is 2.39. The molecule has 8 heteroatoms. The van der Waals surface area contributed by atoms with Crippen LogP contribution in [0.1, 0.15) is 25.6 Å². The Labute approximate surface area is 216 Å². The Bertz CT molecular complexity index is 1220. The summed E-state index contributed by atoms with van der Waals surface area (Å²) in [4.78, 5) is 17.1. The molecule has 0 aliphatic carbocycles. The number of amidine groups is 1. The summed E-state index contributed by atoms with van der Waals surface area (Å²) >= 11 is 6.16. The number of halogens is 1. The molecule has 0 spiro atoms. The highest BCUT2D eigenvalue weighted by atomic mass is 35.5. The van der Waals surface area contributed by atoms with Crippen molar-refractivity contribution in [2.24, 2.45) is 5.10 Å². The topological polar surface area (TPSA) is 57.6 Å². The molecule has 3 aromatic carbocycles. The number of nitrogens with zero attached hydrogens (tertiary/aromatic N) is 4. The van der Waals surface area contributed by atoms with Gasteiger partial charge in [0.1, 0.15) is 5.75 Å². The maximum absolute atomic E-state index is 12.8. The van der Waals surface area contributed by atoms with E-state index in [-0.39, 0.29) is 11.9 Å². The number of hydrazone groups is 1. The quantitative estimate of drug-likeness (QED) is 0.423. The van der Waals surface area contributed by atoms with Crippen molar-refractivity contribution >= 4 is 40.3 Å². The highest BCUT2D eigenvalue weighted by Crippen LogP contribution is 2.40. The summed E-state index contributed by atoms with van der Waals surface area (Å²) in [6.07, 6.45) is -0.359. The van der Waals surface area contributed by atoms with E-state index in [2.05, 4.69) is 29.2 Å². The van der Waals surface area contributed by atoms with Crippen LogP contribution < -0.4 is 19.5 Å². The monoisotopic (exact) mass is 504 g/mol. The van der Waals surface area contributed by atoms with Gasteiger partial charge < -0.3 is 14.4 Å². The molecule has 0 saturated carbocycles. The fourth-order valence-electron chi connectivity index (χ4n) is 4.57. The third-order valence-corrected chi connectivity index (χ3v) is 6.56. The number of hydrogen-bond donors (Lipinski definition) is 0. The van der Waals surface area contributed by atoms with Gasteiger partial charge in [-0.25, -0.2) is 5.01 Å². The van der Waals surface area contributed by atoms with Gasteiger partial charge in [0.15, 0.2) is 17.8 Å². The Morgan fingerprint density at radius 2 is 1.56 bits per heavy atom. The standard InChI is InChI=1S/C28H29ClN4O3/c1-3-36-26-14-12-24(13-15-26)32-27(20(2)34)30-33(25-10-6-22(29)7-11-25)28(32)21-4-8-23(9-5-21)31-16-18-35-19-17-31/h4-15,28H,3,16-19H2,1-2H3/t28-/m0/s1. The van der Waals surface area contributed by atoms with Crippen LogP contribution in [0, 0.1) is 0 Å². The predicted molar refractivity (Wildman–Crippen MR) is 144 cm³/mol. The molecule has 186 valence electrons. The molecule has 0 radical (unpaired) electrons. The Kier molecular flexibility index (Phi) is 7.11. The van der Waals surface area contributed by atoms with E-state index in [1.807, 2.05) is 65.4 Å². The molecule has 1 atom stereocenters. The second kappa shape index (κ2) is 10.6. The zero-order valence-electron chi connectivity index (χ0n) is 20.4. The highest BCUT2D eigenvalue weighted by molar-refractivity contribution is 6.44. The lowest BCUT2D eigenvalue weighted by Crippen LogP contribution is -2.38. The normalized spacial score (nSPS) is 17.8. The first kappa shape index (κ1) is 24.2. The van der Waals surface area contributed by atoms with Gasteiger partial charge in [0.2, 0.25) is 0 Å². The van der Waals surface area contributed by atoms with Crippen LogP contribution in [0.2, 0.25) is 5.02 Å². The van der Waals surface area contributed by atoms with Crippen molar-refractivity contribution in [1.29, 1.82) is 0 Å². The SMILES string of the molecule is CCOc1ccc(N2C(C(C)=O)=NN(c3ccc(Cl)cc3)[C@H]2c2ccc(N3CCOCC3)cc2)cc1. The number of benzene rings is 3. The Morgan fingerprint density at radius 1 is 0.944 bits per heavy atom. The fraction of sp³-hybridized carbons (Fsp3) is 0.286. The number of ketones is 1. The van der Waals surface area contributed by atoms with Gasteiger partial charge in [-0.05, 0) is 73.2 Å². The average molecular weight is 505 g/mol. The van der Waals surface area contributed by atoms with Crippen molar-refractivity contribution in [2.45, 2.75) is 20.0 Å². The average Bonchev–Trinajstić information content (AvgIpc) is 3.31. The lowest BCUT2D eigenvalue weighted by molar-refractivity contribution is -0.111. The summed E-state index contributed by atoms with van der Waals surface area (Å²) in [5.74, 6) is 1.04. The molecule has 5 rings (SSSR count). The van der Waals surface area contributed by atoms with Crippen molar-refractivity contribution in [3.05, 3.63) is 83.4 Å². The van der Waals surface area contributed by atoms with Gasteiger partial charge in [-0.1, -0.05) is 23.7 Å². The second-order valence-electron chi connectivity index (χ2n) is 8.66. The Morgan fingerprint density at radius 3 is 2.17 bits per heavy atom. The van der Waals surface area contributed by atoms with E-state index in [1.165, 1.54) is 0 Å². The molecule has 0 bridgehead atoms. The Hall–Kier alpha value is -3.55. The molecule has 2 heterocycles. The summed E-state index contributed by atoms with van der Waals surface area (Å²) in [7, 11) is 0. The van der Waals surface area contributed by atoms with Gasteiger partial charge in [0, 0.05) is 36.4 Å². The first-order chi connectivity index (χ1) is 17.5. The molecule has 0 N–H and O–H groups in total. The number of morpholine rings is 1. The van der Waals surface area contributed by atoms with Crippen molar-refractivity contribution < 1.29 is 14.3 Å². The number of hydrogen-bond acceptors (Lipinski definition) is 7. The number of Topliss-reactive ketones (excluding diaryl/α,β-unsaturated/α-hetero) is 1. The molecular formula is C28H29ClN4O3. The lowest BCUT2D eigenvalue weighted by Gasteiger charge is -2.33. The first-order valence-corrected chi connectivity index (χ1v) is 12.5. The largest absolute Gasteiger partial charge is 0.494 e. The molecule has 36 heavy (non-hydrogen) atoms. The zero-order valence-corrected chi connectivity index (χ0v) is 21.2. The maximum atomic E-state index is 12.8. The molecule has 1 saturated heterocycles. The van der Waals surface area contributed by atoms with Gasteiger partial charge in [0.05, 0.1) is 25.5 Å². The van der Waals surface area contributed by atoms with Crippen molar-refractivity contribution in [2.75, 3.05) is 47.7 Å². The zero-order chi connectivity index (χ0) is 25.1. The van der Waals surface area contributed by atoms with Gasteiger partial charge in [0.25, 0.3) is 0 Å². The molecule has 3 aromatic rings. The van der Waals surface area contributed by atoms with Crippen LogP contribution in [0.15, 0.2) is 77.9 Å². The number of rotatable bonds is 7. The summed E-state index contributed by atoms with van der Waals surface area (Å²) < 4.78 is 11.1. The molecular weight excluding hydrogens is 476 g/mol. The smallest absolute Gasteiger partial charge is 0.198 e. The van der Waals surface area contributed by atoms with Crippen LogP contribution in [0.3, 0.4) is 0 Å². The van der Waals surface area contributed by atoms with E-state index in [4.69, 9.17) is 26.2 Å². The van der Waals surface area contributed by atoms with Crippen LogP contribution in [0.25, 0.3) is 0 Å². The van der Waals surface area contributed by atoms with Crippen molar-refractivity contribution in [3.63, 3.8) is 0 Å². The van der Waals surface area contributed by atoms with Crippen LogP contribution in [-0.4, -0.2) is 44.5 Å². The van der Waals surface area contributed by atoms with E-state index < -0.39 is 0 Å². The molecule has 2 aliphatic heterocycles. The Balaban J connectivity index is 1.56. The van der Waals surface area contributed by atoms with Gasteiger partial charge >= 0.3 is 0 Å². The van der Waals surface area contributed by atoms with Crippen LogP contribution in [0.4, 0.5) is 17.1 Å². The van der Waals surface area contributed by atoms with Crippen molar-refractivity contribution in [1.82, 2.24) is 0 Å². The van der Waals surface area contributed by atoms with Gasteiger partial charge in [-0.15, -0.1) is 5.10 Å². The number of carbonyl (C=O) groups excluding carboxylic acids is 1. The van der Waals surface area contributed by atoms with E-state index in [0.29, 0.717) is 17.5 Å². The van der Waals surface area contributed by atoms with Gasteiger partial charge in [-0.3, -0.25) is 9.69 Å². The summed E-state index contributed by atoms with van der Waals surface area (Å²) in [5, 5.41) is 7.32. The molecule has 1 fully saturated rings. The summed E-state index contributed by atoms with van der Waals surface area (Å²) in [5.41, 5.74) is 3.86. The molecule has 2 aliphatic rings. The van der Waals surface area contributed by atoms with Crippen LogP contribution in [0.5, 0.6) is 5.75 Å². The van der Waals surface area contributed by atoms with E-state index in [9.17, 15) is 4.79 Å². The molecule has 0 unspecified atom stereocenters. The predicted octanol–water partition coefficient (Wildman–Crippen LogP) is 5.50. The van der Waals surface area contributed by atoms with Crippen LogP contribution >= 0.6 is 11.6 Å². The number of anilines is 3. The molecule has 7 nitrogen and oxygen atoms in total. The fourth-order valence-corrected chi connectivity index (χ4v) is 4.69. The minimum Gasteiger partial charge on any atom is -0.494 e. The number of ether oxygens (including phenoxy) is 2. The lowest BCUT2D eigenvalue weighted by atomic mass is 10.1. The van der Waals surface area contributed by atoms with E-state index in [1.54, 1.807) is 6.92 Å². The number of carbonyl (C=O) groups is 1. The molecule has 0 aromatic heterocycles.